The maximum atomic E-state index is 14.1. The van der Waals surface area contributed by atoms with Crippen molar-refractivity contribution in [2.75, 3.05) is 62.3 Å². The van der Waals surface area contributed by atoms with Gasteiger partial charge in [0.25, 0.3) is 0 Å². The Labute approximate surface area is 357 Å². The highest BCUT2D eigenvalue weighted by Gasteiger charge is 2.32. The molecule has 59 heavy (non-hydrogen) atoms. The van der Waals surface area contributed by atoms with Crippen LogP contribution >= 0.6 is 37.9 Å². The molecule has 5 amide bonds. The molecule has 0 aliphatic carbocycles. The molecule has 1 heterocycles. The molecular formula is C38H54F3N10O5S3+. The van der Waals surface area contributed by atoms with Crippen LogP contribution in [0.25, 0.3) is 10.9 Å². The van der Waals surface area contributed by atoms with Crippen LogP contribution in [0.4, 0.5) is 18.9 Å². The van der Waals surface area contributed by atoms with Gasteiger partial charge in [0.2, 0.25) is 29.5 Å². The number of quaternary nitrogens is 1. The molecular weight excluding hydrogens is 830 g/mol. The molecule has 21 heteroatoms. The third kappa shape index (κ3) is 16.1. The summed E-state index contributed by atoms with van der Waals surface area (Å²) in [5, 5.41) is 14.4. The number of fused-ring (bicyclic) bond motifs is 1. The van der Waals surface area contributed by atoms with E-state index in [0.717, 1.165) is 17.5 Å². The van der Waals surface area contributed by atoms with Crippen molar-refractivity contribution in [3.8, 4) is 0 Å². The zero-order valence-corrected chi connectivity index (χ0v) is 35.3. The van der Waals surface area contributed by atoms with E-state index in [4.69, 9.17) is 17.2 Å². The monoisotopic (exact) mass is 883 g/mol. The number of nitrogens with zero attached hydrogens (tertiary/aromatic N) is 2. The number of amides is 5. The number of nitrogens with one attached hydrogen (secondary N) is 5. The van der Waals surface area contributed by atoms with Gasteiger partial charge in [-0.05, 0) is 42.7 Å². The van der Waals surface area contributed by atoms with Crippen LogP contribution in [-0.4, -0.2) is 126 Å². The van der Waals surface area contributed by atoms with Crippen molar-refractivity contribution in [2.24, 2.45) is 17.2 Å². The van der Waals surface area contributed by atoms with Crippen LogP contribution in [-0.2, 0) is 36.6 Å². The van der Waals surface area contributed by atoms with Crippen LogP contribution in [0.1, 0.15) is 24.0 Å². The zero-order chi connectivity index (χ0) is 43.8. The number of hydrogen-bond acceptors (Lipinski definition) is 12. The number of nitrogens with two attached hydrogens (primary N) is 3. The Hall–Kier alpha value is -4.12. The Balaban J connectivity index is 1.86. The molecule has 1 aromatic heterocycles. The van der Waals surface area contributed by atoms with E-state index < -0.39 is 59.7 Å². The number of halogens is 3. The summed E-state index contributed by atoms with van der Waals surface area (Å²) in [4.78, 5) is 70.0. The van der Waals surface area contributed by atoms with Crippen molar-refractivity contribution in [1.82, 2.24) is 26.3 Å². The minimum Gasteiger partial charge on any atom is -0.349 e. The Bertz CT molecular complexity index is 1850. The van der Waals surface area contributed by atoms with E-state index >= 15 is 0 Å². The van der Waals surface area contributed by atoms with Gasteiger partial charge in [-0.3, -0.25) is 29.0 Å². The summed E-state index contributed by atoms with van der Waals surface area (Å²) in [5.74, 6) is -2.60. The van der Waals surface area contributed by atoms with E-state index in [2.05, 4.69) is 69.5 Å². The molecule has 0 saturated carbocycles. The van der Waals surface area contributed by atoms with Gasteiger partial charge in [0, 0.05) is 29.1 Å². The van der Waals surface area contributed by atoms with Crippen molar-refractivity contribution in [3.05, 3.63) is 71.9 Å². The second-order valence-corrected chi connectivity index (χ2v) is 15.4. The summed E-state index contributed by atoms with van der Waals surface area (Å²) in [6.45, 7) is 1.64. The first-order valence-electron chi connectivity index (χ1n) is 18.8. The number of pyridine rings is 1. The molecule has 3 aromatic rings. The van der Waals surface area contributed by atoms with Gasteiger partial charge >= 0.3 is 6.18 Å². The predicted molar refractivity (Wildman–Crippen MR) is 231 cm³/mol. The third-order valence-corrected chi connectivity index (χ3v) is 10.7. The maximum Gasteiger partial charge on any atom is 0.416 e. The molecule has 0 aliphatic heterocycles. The standard InChI is InChI=1S/C38H53F3N10O5S3/c1-51(15-12-45-33(52)27(42)20-57,16-13-46-34(53)28(43)21-58)14-4-7-31(49-35(54)29(44)22-59)36(55)50-32(17-23-8-10-25(11-9-23)38(39,40)41)37(56)48-26-18-24-5-2-3-6-30(24)47-19-26/h2-3,5-6,8-11,18-19,27-29,31-32H,4,7,12-17,20-22,42-44H2,1H3,(H7-,45,46,48,49,50,52,53,54,55,56,57,58,59)/p+1/t27?,28?,29?,31?,32-,51?/m1/s1. The second-order valence-electron chi connectivity index (χ2n) is 14.3. The van der Waals surface area contributed by atoms with Crippen LogP contribution in [0.2, 0.25) is 0 Å². The van der Waals surface area contributed by atoms with E-state index in [1.54, 1.807) is 24.3 Å². The average Bonchev–Trinajstić information content (AvgIpc) is 3.21. The minimum absolute atomic E-state index is 0.0287. The van der Waals surface area contributed by atoms with Crippen molar-refractivity contribution in [3.63, 3.8) is 0 Å². The van der Waals surface area contributed by atoms with Gasteiger partial charge in [-0.1, -0.05) is 30.3 Å². The molecule has 0 radical (unpaired) electrons. The Morgan fingerprint density at radius 1 is 0.729 bits per heavy atom. The fourth-order valence-electron chi connectivity index (χ4n) is 5.88. The van der Waals surface area contributed by atoms with E-state index in [-0.39, 0.29) is 55.0 Å². The Morgan fingerprint density at radius 3 is 1.83 bits per heavy atom. The van der Waals surface area contributed by atoms with Crippen LogP contribution in [0, 0.1) is 0 Å². The lowest BCUT2D eigenvalue weighted by molar-refractivity contribution is -0.907. The van der Waals surface area contributed by atoms with Gasteiger partial charge in [-0.15, -0.1) is 0 Å². The number of likely N-dealkylation sites (N-methyl/N-ethyl adjacent to an activating group) is 1. The van der Waals surface area contributed by atoms with Crippen molar-refractivity contribution >= 4 is 84.0 Å². The summed E-state index contributed by atoms with van der Waals surface area (Å²) in [5.41, 5.74) is 18.0. The van der Waals surface area contributed by atoms with Gasteiger partial charge in [0.1, 0.15) is 12.1 Å². The van der Waals surface area contributed by atoms with E-state index in [9.17, 15) is 37.1 Å². The number of benzene rings is 2. The number of aromatic nitrogens is 1. The second kappa shape index (κ2) is 23.6. The topological polar surface area (TPSA) is 236 Å². The highest BCUT2D eigenvalue weighted by Crippen LogP contribution is 2.29. The molecule has 4 unspecified atom stereocenters. The summed E-state index contributed by atoms with van der Waals surface area (Å²) >= 11 is 12.2. The van der Waals surface area contributed by atoms with E-state index in [1.165, 1.54) is 18.3 Å². The molecule has 0 bridgehead atoms. The molecule has 5 atom stereocenters. The van der Waals surface area contributed by atoms with Gasteiger partial charge in [0.05, 0.1) is 80.9 Å². The van der Waals surface area contributed by atoms with E-state index in [0.29, 0.717) is 47.3 Å². The lowest BCUT2D eigenvalue weighted by Crippen LogP contribution is -2.57. The predicted octanol–water partition coefficient (Wildman–Crippen LogP) is 0.635. The average molecular weight is 884 g/mol. The number of hydrogen-bond donors (Lipinski definition) is 11. The highest BCUT2D eigenvalue weighted by atomic mass is 32.1. The number of para-hydroxylation sites is 1. The molecule has 15 nitrogen and oxygen atoms in total. The molecule has 0 saturated heterocycles. The highest BCUT2D eigenvalue weighted by molar-refractivity contribution is 7.80. The smallest absolute Gasteiger partial charge is 0.349 e. The fourth-order valence-corrected chi connectivity index (χ4v) is 6.38. The Kier molecular flexibility index (Phi) is 19.7. The third-order valence-electron chi connectivity index (χ3n) is 9.54. The van der Waals surface area contributed by atoms with Crippen molar-refractivity contribution < 1.29 is 41.6 Å². The molecule has 0 fully saturated rings. The molecule has 3 rings (SSSR count). The van der Waals surface area contributed by atoms with Crippen LogP contribution < -0.4 is 43.8 Å². The lowest BCUT2D eigenvalue weighted by atomic mass is 10.0. The van der Waals surface area contributed by atoms with Crippen molar-refractivity contribution in [1.29, 1.82) is 0 Å². The normalized spacial score (nSPS) is 15.2. The fraction of sp³-hybridized carbons (Fsp3) is 0.474. The van der Waals surface area contributed by atoms with Crippen molar-refractivity contribution in [2.45, 2.75) is 55.6 Å². The summed E-state index contributed by atoms with van der Waals surface area (Å²) in [6, 6.07) is 7.90. The summed E-state index contributed by atoms with van der Waals surface area (Å²) in [6.07, 6.45) is -2.97. The lowest BCUT2D eigenvalue weighted by Gasteiger charge is -2.35. The SMILES string of the molecule is C[N+](CCCC(NC(=O)C(N)CS)C(=O)N[C@H](Cc1ccc(C(F)(F)F)cc1)C(=O)Nc1cnc2ccccc2c1)(CCNC(=O)C(N)CS)CCNC(=O)C(N)CS. The number of alkyl halides is 3. The van der Waals surface area contributed by atoms with Gasteiger partial charge in [-0.2, -0.15) is 51.1 Å². The first-order chi connectivity index (χ1) is 27.9. The molecule has 2 aromatic carbocycles. The van der Waals surface area contributed by atoms with Crippen LogP contribution in [0.15, 0.2) is 60.8 Å². The van der Waals surface area contributed by atoms with Gasteiger partial charge < -0.3 is 48.3 Å². The maximum absolute atomic E-state index is 14.1. The zero-order valence-electron chi connectivity index (χ0n) is 32.6. The number of thiol groups is 3. The molecule has 11 N–H and O–H groups in total. The first kappa shape index (κ1) is 49.2. The number of carbonyl (C=O) groups is 5. The number of rotatable bonds is 23. The van der Waals surface area contributed by atoms with Gasteiger partial charge in [-0.25, -0.2) is 0 Å². The number of anilines is 1. The first-order valence-corrected chi connectivity index (χ1v) is 20.7. The summed E-state index contributed by atoms with van der Waals surface area (Å²) in [7, 11) is 1.89. The number of carbonyl (C=O) groups excluding carboxylic acids is 5. The van der Waals surface area contributed by atoms with E-state index in [1.807, 2.05) is 13.1 Å². The minimum atomic E-state index is -4.58. The largest absolute Gasteiger partial charge is 0.416 e. The molecule has 324 valence electrons. The quantitative estimate of drug-likeness (QED) is 0.0473. The van der Waals surface area contributed by atoms with Gasteiger partial charge in [0.15, 0.2) is 0 Å². The van der Waals surface area contributed by atoms with Crippen LogP contribution in [0.3, 0.4) is 0 Å². The summed E-state index contributed by atoms with van der Waals surface area (Å²) < 4.78 is 40.3. The van der Waals surface area contributed by atoms with Crippen LogP contribution in [0.5, 0.6) is 0 Å². The molecule has 0 aliphatic rings. The Morgan fingerprint density at radius 2 is 1.27 bits per heavy atom. The molecule has 0 spiro atoms.